The predicted molar refractivity (Wildman–Crippen MR) is 61.3 cm³/mol. The molecule has 88 valence electrons. The fraction of sp³-hybridized carbons (Fsp3) is 0.900. The third-order valence-electron chi connectivity index (χ3n) is 2.66. The molecule has 1 aliphatic heterocycles. The summed E-state index contributed by atoms with van der Waals surface area (Å²) in [5.74, 6) is 0.272. The smallest absolute Gasteiger partial charge is 0.0918 e. The van der Waals surface area contributed by atoms with Crippen molar-refractivity contribution in [1.29, 1.82) is 5.41 Å². The van der Waals surface area contributed by atoms with Gasteiger partial charge in [-0.1, -0.05) is 0 Å². The van der Waals surface area contributed by atoms with Crippen LogP contribution in [0.4, 0.5) is 0 Å². The van der Waals surface area contributed by atoms with Crippen molar-refractivity contribution in [1.82, 2.24) is 9.80 Å². The quantitative estimate of drug-likeness (QED) is 0.465. The average Bonchev–Trinajstić information content (AvgIpc) is 2.25. The van der Waals surface area contributed by atoms with E-state index in [-0.39, 0.29) is 5.84 Å². The molecule has 5 nitrogen and oxygen atoms in total. The third kappa shape index (κ3) is 5.71. The van der Waals surface area contributed by atoms with Crippen LogP contribution in [0.3, 0.4) is 0 Å². The van der Waals surface area contributed by atoms with Crippen molar-refractivity contribution in [3.63, 3.8) is 0 Å². The highest BCUT2D eigenvalue weighted by molar-refractivity contribution is 5.76. The maximum Gasteiger partial charge on any atom is 0.0918 e. The number of rotatable bonds is 6. The summed E-state index contributed by atoms with van der Waals surface area (Å²) in [6, 6.07) is 0. The van der Waals surface area contributed by atoms with E-state index in [2.05, 4.69) is 16.8 Å². The van der Waals surface area contributed by atoms with Gasteiger partial charge in [0.15, 0.2) is 0 Å². The Balaban J connectivity index is 2.04. The van der Waals surface area contributed by atoms with Gasteiger partial charge in [0.25, 0.3) is 0 Å². The molecule has 0 atom stereocenters. The van der Waals surface area contributed by atoms with Crippen LogP contribution in [0, 0.1) is 5.41 Å². The molecule has 0 bridgehead atoms. The van der Waals surface area contributed by atoms with E-state index in [1.54, 1.807) is 0 Å². The highest BCUT2D eigenvalue weighted by Crippen LogP contribution is 1.97. The zero-order valence-electron chi connectivity index (χ0n) is 9.54. The van der Waals surface area contributed by atoms with E-state index in [0.717, 1.165) is 45.9 Å². The molecule has 1 rings (SSSR count). The predicted octanol–water partition coefficient (Wildman–Crippen LogP) is -0.424. The molecule has 0 unspecified atom stereocenters. The van der Waals surface area contributed by atoms with E-state index >= 15 is 0 Å². The van der Waals surface area contributed by atoms with Crippen molar-refractivity contribution >= 4 is 5.84 Å². The average molecular weight is 214 g/mol. The van der Waals surface area contributed by atoms with Gasteiger partial charge in [-0.15, -0.1) is 0 Å². The Morgan fingerprint density at radius 1 is 1.40 bits per heavy atom. The zero-order valence-corrected chi connectivity index (χ0v) is 9.54. The lowest BCUT2D eigenvalue weighted by Gasteiger charge is -2.28. The fourth-order valence-electron chi connectivity index (χ4n) is 1.56. The molecule has 3 N–H and O–H groups in total. The lowest BCUT2D eigenvalue weighted by atomic mass is 10.3. The molecular weight excluding hydrogens is 192 g/mol. The SMILES string of the molecule is CN(CCC(=N)N)CCN1CCOCC1. The van der Waals surface area contributed by atoms with Crippen LogP contribution in [0.1, 0.15) is 6.42 Å². The molecule has 0 radical (unpaired) electrons. The van der Waals surface area contributed by atoms with Gasteiger partial charge in [-0.2, -0.15) is 0 Å². The van der Waals surface area contributed by atoms with Crippen molar-refractivity contribution in [3.8, 4) is 0 Å². The first-order valence-corrected chi connectivity index (χ1v) is 5.50. The summed E-state index contributed by atoms with van der Waals surface area (Å²) in [6.45, 7) is 6.79. The number of ether oxygens (including phenoxy) is 1. The molecule has 0 aromatic rings. The maximum absolute atomic E-state index is 7.14. The first kappa shape index (κ1) is 12.4. The Hall–Kier alpha value is -0.650. The Kier molecular flexibility index (Phi) is 5.60. The van der Waals surface area contributed by atoms with Gasteiger partial charge in [0.05, 0.1) is 19.0 Å². The number of hydrogen-bond acceptors (Lipinski definition) is 4. The number of amidine groups is 1. The highest BCUT2D eigenvalue weighted by atomic mass is 16.5. The summed E-state index contributed by atoms with van der Waals surface area (Å²) in [6.07, 6.45) is 0.666. The van der Waals surface area contributed by atoms with E-state index in [0.29, 0.717) is 6.42 Å². The molecule has 5 heteroatoms. The minimum atomic E-state index is 0.272. The highest BCUT2D eigenvalue weighted by Gasteiger charge is 2.10. The topological polar surface area (TPSA) is 65.6 Å². The summed E-state index contributed by atoms with van der Waals surface area (Å²) >= 11 is 0. The largest absolute Gasteiger partial charge is 0.388 e. The summed E-state index contributed by atoms with van der Waals surface area (Å²) < 4.78 is 5.29. The number of likely N-dealkylation sites (N-methyl/N-ethyl adjacent to an activating group) is 1. The molecule has 0 aromatic heterocycles. The number of morpholine rings is 1. The molecule has 0 aromatic carbocycles. The van der Waals surface area contributed by atoms with E-state index in [1.165, 1.54) is 0 Å². The van der Waals surface area contributed by atoms with Crippen LogP contribution in [0.5, 0.6) is 0 Å². The molecule has 0 saturated carbocycles. The summed E-state index contributed by atoms with van der Waals surface area (Å²) in [5.41, 5.74) is 5.31. The van der Waals surface area contributed by atoms with Gasteiger partial charge in [0, 0.05) is 39.1 Å². The van der Waals surface area contributed by atoms with Crippen LogP contribution in [-0.4, -0.2) is 68.6 Å². The van der Waals surface area contributed by atoms with E-state index in [4.69, 9.17) is 15.9 Å². The van der Waals surface area contributed by atoms with Gasteiger partial charge >= 0.3 is 0 Å². The van der Waals surface area contributed by atoms with Crippen molar-refractivity contribution in [3.05, 3.63) is 0 Å². The second-order valence-corrected chi connectivity index (χ2v) is 4.03. The molecule has 1 fully saturated rings. The van der Waals surface area contributed by atoms with E-state index in [9.17, 15) is 0 Å². The lowest BCUT2D eigenvalue weighted by Crippen LogP contribution is -2.41. The number of nitrogens with two attached hydrogens (primary N) is 1. The second kappa shape index (κ2) is 6.76. The van der Waals surface area contributed by atoms with Crippen LogP contribution in [0.25, 0.3) is 0 Å². The maximum atomic E-state index is 7.14. The molecule has 0 aliphatic carbocycles. The van der Waals surface area contributed by atoms with Crippen LogP contribution in [0.15, 0.2) is 0 Å². The molecule has 1 saturated heterocycles. The van der Waals surface area contributed by atoms with Crippen LogP contribution >= 0.6 is 0 Å². The minimum Gasteiger partial charge on any atom is -0.388 e. The van der Waals surface area contributed by atoms with Gasteiger partial charge in [-0.25, -0.2) is 0 Å². The fourth-order valence-corrected chi connectivity index (χ4v) is 1.56. The summed E-state index contributed by atoms with van der Waals surface area (Å²) in [5, 5.41) is 7.14. The van der Waals surface area contributed by atoms with Gasteiger partial charge in [-0.3, -0.25) is 10.3 Å². The molecular formula is C10H22N4O. The van der Waals surface area contributed by atoms with Gasteiger partial charge in [0.1, 0.15) is 0 Å². The number of nitrogens with one attached hydrogen (secondary N) is 1. The monoisotopic (exact) mass is 214 g/mol. The van der Waals surface area contributed by atoms with Crippen LogP contribution in [-0.2, 0) is 4.74 Å². The van der Waals surface area contributed by atoms with Crippen molar-refractivity contribution in [2.45, 2.75) is 6.42 Å². The first-order chi connectivity index (χ1) is 7.18. The van der Waals surface area contributed by atoms with E-state index < -0.39 is 0 Å². The Morgan fingerprint density at radius 3 is 2.67 bits per heavy atom. The lowest BCUT2D eigenvalue weighted by molar-refractivity contribution is 0.0346. The van der Waals surface area contributed by atoms with Crippen molar-refractivity contribution < 1.29 is 4.74 Å². The van der Waals surface area contributed by atoms with Gasteiger partial charge in [-0.05, 0) is 7.05 Å². The molecule has 1 aliphatic rings. The Bertz CT molecular complexity index is 192. The summed E-state index contributed by atoms with van der Waals surface area (Å²) in [4.78, 5) is 4.63. The zero-order chi connectivity index (χ0) is 11.1. The second-order valence-electron chi connectivity index (χ2n) is 4.03. The third-order valence-corrected chi connectivity index (χ3v) is 2.66. The van der Waals surface area contributed by atoms with Crippen LogP contribution < -0.4 is 5.73 Å². The van der Waals surface area contributed by atoms with E-state index in [1.807, 2.05) is 0 Å². The minimum absolute atomic E-state index is 0.272. The van der Waals surface area contributed by atoms with Gasteiger partial charge < -0.3 is 15.4 Å². The molecule has 0 amide bonds. The number of hydrogen-bond donors (Lipinski definition) is 2. The molecule has 15 heavy (non-hydrogen) atoms. The number of nitrogens with zero attached hydrogens (tertiary/aromatic N) is 2. The molecule has 0 spiro atoms. The Morgan fingerprint density at radius 2 is 2.07 bits per heavy atom. The standard InChI is InChI=1S/C10H22N4O/c1-13(3-2-10(11)12)4-5-14-6-8-15-9-7-14/h2-9H2,1H3,(H3,11,12). The van der Waals surface area contributed by atoms with Crippen molar-refractivity contribution in [2.75, 3.05) is 53.0 Å². The summed E-state index contributed by atoms with van der Waals surface area (Å²) in [7, 11) is 2.07. The van der Waals surface area contributed by atoms with Crippen LogP contribution in [0.2, 0.25) is 0 Å². The normalized spacial score (nSPS) is 18.3. The molecule has 1 heterocycles. The van der Waals surface area contributed by atoms with Crippen molar-refractivity contribution in [2.24, 2.45) is 5.73 Å². The van der Waals surface area contributed by atoms with Gasteiger partial charge in [0.2, 0.25) is 0 Å². The Labute approximate surface area is 91.7 Å². The first-order valence-electron chi connectivity index (χ1n) is 5.50.